The molecular formula is C28H46N6O. The van der Waals surface area contributed by atoms with Crippen molar-refractivity contribution >= 4 is 23.3 Å². The number of nitrogens with zero attached hydrogens (tertiary/aromatic N) is 4. The van der Waals surface area contributed by atoms with Crippen LogP contribution in [0.25, 0.3) is 0 Å². The van der Waals surface area contributed by atoms with Crippen LogP contribution in [0, 0.1) is 12.3 Å². The van der Waals surface area contributed by atoms with E-state index >= 15 is 0 Å². The molecule has 0 saturated carbocycles. The van der Waals surface area contributed by atoms with E-state index in [9.17, 15) is 0 Å². The number of piperazine rings is 1. The maximum absolute atomic E-state index is 7.88. The fourth-order valence-corrected chi connectivity index (χ4v) is 4.37. The summed E-state index contributed by atoms with van der Waals surface area (Å²) in [5.41, 5.74) is 6.55. The van der Waals surface area contributed by atoms with Crippen molar-refractivity contribution in [3.63, 3.8) is 0 Å². The SMILES string of the molecule is C=C(C)CCn1cc(Nc2cc(N3CCN(C4(C)COC4)CC3)c(C)cc2C=N)cn1.CC.CC. The second-order valence-electron chi connectivity index (χ2n) is 9.16. The lowest BCUT2D eigenvalue weighted by Gasteiger charge is -2.50. The van der Waals surface area contributed by atoms with Crippen LogP contribution in [0.5, 0.6) is 0 Å². The predicted molar refractivity (Wildman–Crippen MR) is 150 cm³/mol. The van der Waals surface area contributed by atoms with Crippen LogP contribution < -0.4 is 10.2 Å². The summed E-state index contributed by atoms with van der Waals surface area (Å²) >= 11 is 0. The first kappa shape index (κ1) is 28.6. The highest BCUT2D eigenvalue weighted by Gasteiger charge is 2.40. The molecule has 35 heavy (non-hydrogen) atoms. The highest BCUT2D eigenvalue weighted by molar-refractivity contribution is 5.89. The molecule has 1 aromatic heterocycles. The number of hydrogen-bond donors (Lipinski definition) is 2. The highest BCUT2D eigenvalue weighted by atomic mass is 16.5. The second kappa shape index (κ2) is 13.4. The van der Waals surface area contributed by atoms with Gasteiger partial charge in [0.25, 0.3) is 0 Å². The van der Waals surface area contributed by atoms with Gasteiger partial charge in [0.1, 0.15) is 0 Å². The molecule has 2 saturated heterocycles. The third-order valence-corrected chi connectivity index (χ3v) is 6.41. The fraction of sp³-hybridized carbons (Fsp3) is 0.571. The molecule has 2 fully saturated rings. The van der Waals surface area contributed by atoms with Gasteiger partial charge < -0.3 is 20.4 Å². The summed E-state index contributed by atoms with van der Waals surface area (Å²) in [6.07, 6.45) is 6.18. The fourth-order valence-electron chi connectivity index (χ4n) is 4.37. The number of anilines is 3. The lowest BCUT2D eigenvalue weighted by molar-refractivity contribution is -0.131. The van der Waals surface area contributed by atoms with E-state index in [0.29, 0.717) is 0 Å². The van der Waals surface area contributed by atoms with Gasteiger partial charge in [0.2, 0.25) is 0 Å². The van der Waals surface area contributed by atoms with Crippen LogP contribution in [-0.4, -0.2) is 65.8 Å². The van der Waals surface area contributed by atoms with Gasteiger partial charge in [-0.3, -0.25) is 9.58 Å². The van der Waals surface area contributed by atoms with Gasteiger partial charge in [-0.1, -0.05) is 33.3 Å². The summed E-state index contributed by atoms with van der Waals surface area (Å²) in [6.45, 7) is 25.0. The molecule has 4 rings (SSSR count). The first-order valence-corrected chi connectivity index (χ1v) is 13.0. The van der Waals surface area contributed by atoms with Crippen LogP contribution in [0.15, 0.2) is 36.7 Å². The number of rotatable bonds is 8. The zero-order valence-corrected chi connectivity index (χ0v) is 22.9. The predicted octanol–water partition coefficient (Wildman–Crippen LogP) is 5.86. The average molecular weight is 483 g/mol. The number of benzene rings is 1. The molecule has 3 heterocycles. The summed E-state index contributed by atoms with van der Waals surface area (Å²) in [4.78, 5) is 5.02. The van der Waals surface area contributed by atoms with Gasteiger partial charge in [-0.15, -0.1) is 6.58 Å². The molecule has 2 N–H and O–H groups in total. The van der Waals surface area contributed by atoms with Gasteiger partial charge in [-0.05, 0) is 44.9 Å². The number of hydrogen-bond acceptors (Lipinski definition) is 6. The number of aryl methyl sites for hydroxylation is 2. The molecule has 0 atom stereocenters. The van der Waals surface area contributed by atoms with Crippen LogP contribution in [-0.2, 0) is 11.3 Å². The smallest absolute Gasteiger partial charge is 0.0770 e. The third-order valence-electron chi connectivity index (χ3n) is 6.41. The Kier molecular flexibility index (Phi) is 11.0. The molecule has 0 unspecified atom stereocenters. The highest BCUT2D eigenvalue weighted by Crippen LogP contribution is 2.32. The minimum Gasteiger partial charge on any atom is -0.377 e. The first-order chi connectivity index (χ1) is 16.9. The normalized spacial score (nSPS) is 16.7. The van der Waals surface area contributed by atoms with Crippen molar-refractivity contribution < 1.29 is 4.74 Å². The first-order valence-electron chi connectivity index (χ1n) is 13.0. The standard InChI is InChI=1S/C24H34N6O.2C2H6/c1-18(2)5-6-30-15-21(14-26-30)27-22-12-23(19(3)11-20(22)13-25)28-7-9-29(10-8-28)24(4)16-31-17-24;2*1-2/h11-15,25,27H,1,5-10,16-17H2,2-4H3;2*1-2H3. The van der Waals surface area contributed by atoms with Crippen LogP contribution in [0.3, 0.4) is 0 Å². The van der Waals surface area contributed by atoms with E-state index in [2.05, 4.69) is 52.8 Å². The number of aromatic nitrogens is 2. The Labute approximate surface area is 212 Å². The Bertz CT molecular complexity index is 954. The van der Waals surface area contributed by atoms with Crippen molar-refractivity contribution in [1.29, 1.82) is 5.41 Å². The quantitative estimate of drug-likeness (QED) is 0.364. The van der Waals surface area contributed by atoms with Gasteiger partial charge in [0, 0.05) is 62.1 Å². The molecule has 0 spiro atoms. The average Bonchev–Trinajstić information content (AvgIpc) is 3.32. The number of ether oxygens (including phenoxy) is 1. The van der Waals surface area contributed by atoms with E-state index in [-0.39, 0.29) is 5.54 Å². The molecule has 0 radical (unpaired) electrons. The van der Waals surface area contributed by atoms with Crippen molar-refractivity contribution in [3.05, 3.63) is 47.8 Å². The van der Waals surface area contributed by atoms with E-state index in [0.717, 1.165) is 74.9 Å². The molecule has 2 aliphatic rings. The molecule has 0 bridgehead atoms. The zero-order chi connectivity index (χ0) is 26.0. The van der Waals surface area contributed by atoms with E-state index < -0.39 is 0 Å². The van der Waals surface area contributed by atoms with E-state index in [1.807, 2.05) is 51.7 Å². The van der Waals surface area contributed by atoms with Crippen LogP contribution in [0.2, 0.25) is 0 Å². The topological polar surface area (TPSA) is 69.4 Å². The number of nitrogens with one attached hydrogen (secondary N) is 2. The minimum absolute atomic E-state index is 0.210. The monoisotopic (exact) mass is 482 g/mol. The lowest BCUT2D eigenvalue weighted by Crippen LogP contribution is -2.64. The molecular weight excluding hydrogens is 436 g/mol. The van der Waals surface area contributed by atoms with Crippen molar-refractivity contribution in [2.24, 2.45) is 0 Å². The van der Waals surface area contributed by atoms with Crippen LogP contribution >= 0.6 is 0 Å². The molecule has 1 aromatic carbocycles. The summed E-state index contributed by atoms with van der Waals surface area (Å²) in [7, 11) is 0. The molecule has 2 aliphatic heterocycles. The van der Waals surface area contributed by atoms with Gasteiger partial charge >= 0.3 is 0 Å². The maximum Gasteiger partial charge on any atom is 0.0770 e. The summed E-state index contributed by atoms with van der Waals surface area (Å²) < 4.78 is 7.38. The molecule has 194 valence electrons. The molecule has 2 aromatic rings. The Balaban J connectivity index is 0.00000103. The number of allylic oxidation sites excluding steroid dienone is 1. The zero-order valence-electron chi connectivity index (χ0n) is 22.9. The summed E-state index contributed by atoms with van der Waals surface area (Å²) in [6, 6.07) is 4.29. The third kappa shape index (κ3) is 7.18. The van der Waals surface area contributed by atoms with Crippen molar-refractivity contribution in [2.75, 3.05) is 49.6 Å². The summed E-state index contributed by atoms with van der Waals surface area (Å²) in [5, 5.41) is 15.8. The van der Waals surface area contributed by atoms with E-state index in [4.69, 9.17) is 10.1 Å². The Hall–Kier alpha value is -2.64. The van der Waals surface area contributed by atoms with Crippen molar-refractivity contribution in [3.8, 4) is 0 Å². The second-order valence-corrected chi connectivity index (χ2v) is 9.16. The maximum atomic E-state index is 7.88. The van der Waals surface area contributed by atoms with Gasteiger partial charge in [0.15, 0.2) is 0 Å². The van der Waals surface area contributed by atoms with E-state index in [1.165, 1.54) is 17.5 Å². The van der Waals surface area contributed by atoms with Gasteiger partial charge in [-0.2, -0.15) is 5.10 Å². The van der Waals surface area contributed by atoms with E-state index in [1.54, 1.807) is 0 Å². The van der Waals surface area contributed by atoms with Crippen molar-refractivity contribution in [1.82, 2.24) is 14.7 Å². The van der Waals surface area contributed by atoms with Gasteiger partial charge in [-0.25, -0.2) is 0 Å². The Morgan fingerprint density at radius 3 is 2.37 bits per heavy atom. The van der Waals surface area contributed by atoms with Gasteiger partial charge in [0.05, 0.1) is 30.6 Å². The molecule has 7 heteroatoms. The summed E-state index contributed by atoms with van der Waals surface area (Å²) in [5.74, 6) is 0. The Morgan fingerprint density at radius 1 is 1.17 bits per heavy atom. The largest absolute Gasteiger partial charge is 0.377 e. The van der Waals surface area contributed by atoms with Crippen molar-refractivity contribution in [2.45, 2.75) is 67.0 Å². The lowest BCUT2D eigenvalue weighted by atomic mass is 9.96. The molecule has 7 nitrogen and oxygen atoms in total. The molecule has 0 aliphatic carbocycles. The Morgan fingerprint density at radius 2 is 1.83 bits per heavy atom. The minimum atomic E-state index is 0.210. The molecule has 0 amide bonds. The van der Waals surface area contributed by atoms with Crippen LogP contribution in [0.1, 0.15) is 59.1 Å². The van der Waals surface area contributed by atoms with Crippen LogP contribution in [0.4, 0.5) is 17.1 Å².